The van der Waals surface area contributed by atoms with Crippen molar-refractivity contribution in [3.8, 4) is 0 Å². The second-order valence-electron chi connectivity index (χ2n) is 1.04. The molecule has 0 saturated heterocycles. The Labute approximate surface area is 44.9 Å². The molecule has 0 aromatic carbocycles. The molecule has 0 aromatic rings. The van der Waals surface area contributed by atoms with Gasteiger partial charge in [0.25, 0.3) is 5.97 Å². The number of rotatable bonds is 1. The predicted octanol–water partition coefficient (Wildman–Crippen LogP) is 0.894. The second kappa shape index (κ2) is 2.16. The maximum atomic E-state index is 11.0. The SMILES string of the molecule is CC(=O)O[Si](F)(F)F. The van der Waals surface area contributed by atoms with Crippen molar-refractivity contribution < 1.29 is 21.5 Å². The summed E-state index contributed by atoms with van der Waals surface area (Å²) in [5.41, 5.74) is 0. The zero-order valence-electron chi connectivity index (χ0n) is 3.95. The minimum atomic E-state index is -6.07. The molecule has 0 fully saturated rings. The molecule has 0 aliphatic heterocycles. The van der Waals surface area contributed by atoms with Gasteiger partial charge in [0.15, 0.2) is 0 Å². The average molecular weight is 144 g/mol. The number of carbonyl (C=O) groups is 1. The van der Waals surface area contributed by atoms with E-state index in [0.29, 0.717) is 0 Å². The van der Waals surface area contributed by atoms with Crippen LogP contribution in [0.1, 0.15) is 6.92 Å². The van der Waals surface area contributed by atoms with Gasteiger partial charge in [0.2, 0.25) is 0 Å². The molecule has 0 unspecified atom stereocenters. The highest BCUT2D eigenvalue weighted by Gasteiger charge is 2.45. The van der Waals surface area contributed by atoms with Gasteiger partial charge in [-0.3, -0.25) is 4.79 Å². The van der Waals surface area contributed by atoms with Crippen LogP contribution in [0.5, 0.6) is 0 Å². The summed E-state index contributed by atoms with van der Waals surface area (Å²) < 4.78 is 35.9. The molecule has 8 heavy (non-hydrogen) atoms. The molecule has 6 heteroatoms. The highest BCUT2D eigenvalue weighted by Crippen LogP contribution is 2.08. The second-order valence-corrected chi connectivity index (χ2v) is 2.13. The third kappa shape index (κ3) is 5.48. The van der Waals surface area contributed by atoms with Gasteiger partial charge in [0.05, 0.1) is 0 Å². The highest BCUT2D eigenvalue weighted by atomic mass is 28.5. The molecule has 0 radical (unpaired) electrons. The number of carbonyl (C=O) groups excluding carboxylic acids is 1. The summed E-state index contributed by atoms with van der Waals surface area (Å²) in [6.07, 6.45) is 0. The first-order valence-corrected chi connectivity index (χ1v) is 3.22. The van der Waals surface area contributed by atoms with Crippen LogP contribution < -0.4 is 0 Å². The van der Waals surface area contributed by atoms with Crippen LogP contribution in [0.2, 0.25) is 0 Å². The van der Waals surface area contributed by atoms with E-state index in [9.17, 15) is 17.1 Å². The van der Waals surface area contributed by atoms with Crippen molar-refractivity contribution in [3.05, 3.63) is 0 Å². The van der Waals surface area contributed by atoms with Crippen LogP contribution in [0.15, 0.2) is 0 Å². The maximum Gasteiger partial charge on any atom is 0.877 e. The first-order valence-electron chi connectivity index (χ1n) is 1.68. The summed E-state index contributed by atoms with van der Waals surface area (Å²) in [7, 11) is -6.07. The van der Waals surface area contributed by atoms with Crippen LogP contribution in [0, 0.1) is 0 Å². The van der Waals surface area contributed by atoms with E-state index in [1.54, 1.807) is 0 Å². The van der Waals surface area contributed by atoms with Gasteiger partial charge < -0.3 is 4.43 Å². The van der Waals surface area contributed by atoms with Gasteiger partial charge in [0, 0.05) is 6.92 Å². The van der Waals surface area contributed by atoms with Gasteiger partial charge in [-0.15, -0.1) is 0 Å². The van der Waals surface area contributed by atoms with Crippen LogP contribution in [-0.2, 0) is 9.22 Å². The predicted molar refractivity (Wildman–Crippen MR) is 20.8 cm³/mol. The Kier molecular flexibility index (Phi) is 2.02. The monoisotopic (exact) mass is 144 g/mol. The molecule has 0 aliphatic rings. The minimum absolute atomic E-state index is 0.723. The van der Waals surface area contributed by atoms with E-state index in [0.717, 1.165) is 6.92 Å². The van der Waals surface area contributed by atoms with Crippen LogP contribution in [0.25, 0.3) is 0 Å². The van der Waals surface area contributed by atoms with Crippen LogP contribution in [-0.4, -0.2) is 15.3 Å². The molecule has 0 aliphatic carbocycles. The van der Waals surface area contributed by atoms with E-state index >= 15 is 0 Å². The van der Waals surface area contributed by atoms with Crippen molar-refractivity contribution in [2.75, 3.05) is 0 Å². The molecule has 0 atom stereocenters. The van der Waals surface area contributed by atoms with Gasteiger partial charge in [-0.2, -0.15) is 0 Å². The molecule has 0 saturated carbocycles. The van der Waals surface area contributed by atoms with Crippen LogP contribution in [0.3, 0.4) is 0 Å². The quantitative estimate of drug-likeness (QED) is 0.403. The van der Waals surface area contributed by atoms with Crippen molar-refractivity contribution in [3.63, 3.8) is 0 Å². The Hall–Kier alpha value is -0.523. The topological polar surface area (TPSA) is 26.3 Å². The third-order valence-corrected chi connectivity index (χ3v) is 0.778. The van der Waals surface area contributed by atoms with Crippen molar-refractivity contribution in [2.45, 2.75) is 6.92 Å². The zero-order chi connectivity index (χ0) is 6.78. The fourth-order valence-electron chi connectivity index (χ4n) is 0.163. The Balaban J connectivity index is 3.55. The normalized spacial score (nSPS) is 11.0. The summed E-state index contributed by atoms with van der Waals surface area (Å²) in [5, 5.41) is 0. The van der Waals surface area contributed by atoms with Crippen molar-refractivity contribution >= 4 is 15.3 Å². The van der Waals surface area contributed by atoms with Gasteiger partial charge >= 0.3 is 9.32 Å². The first-order chi connectivity index (χ1) is 3.42. The molecular formula is C2H3F3O2Si. The summed E-state index contributed by atoms with van der Waals surface area (Å²) in [6.45, 7) is 0.723. The summed E-state index contributed by atoms with van der Waals surface area (Å²) in [5.74, 6) is -1.29. The van der Waals surface area contributed by atoms with E-state index in [1.165, 1.54) is 0 Å². The number of halogens is 3. The lowest BCUT2D eigenvalue weighted by Crippen LogP contribution is -2.23. The molecular weight excluding hydrogens is 141 g/mol. The largest absolute Gasteiger partial charge is 0.877 e. The first kappa shape index (κ1) is 7.48. The summed E-state index contributed by atoms with van der Waals surface area (Å²) in [4.78, 5) is 9.55. The molecule has 2 nitrogen and oxygen atoms in total. The lowest BCUT2D eigenvalue weighted by atomic mass is 10.9. The van der Waals surface area contributed by atoms with Gasteiger partial charge in [-0.05, 0) is 0 Å². The maximum absolute atomic E-state index is 11.0. The smallest absolute Gasteiger partial charge is 0.443 e. The molecule has 0 N–H and O–H groups in total. The van der Waals surface area contributed by atoms with Crippen LogP contribution in [0.4, 0.5) is 12.3 Å². The molecule has 0 aromatic heterocycles. The zero-order valence-corrected chi connectivity index (χ0v) is 4.95. The lowest BCUT2D eigenvalue weighted by Gasteiger charge is -1.98. The fraction of sp³-hybridized carbons (Fsp3) is 0.500. The Morgan fingerprint density at radius 1 is 1.50 bits per heavy atom. The average Bonchev–Trinajstić information content (AvgIpc) is 1.21. The Morgan fingerprint density at radius 3 is 1.88 bits per heavy atom. The van der Waals surface area contributed by atoms with E-state index in [1.807, 2.05) is 0 Å². The van der Waals surface area contributed by atoms with Gasteiger partial charge in [0.1, 0.15) is 0 Å². The molecule has 0 spiro atoms. The Bertz CT molecular complexity index is 97.9. The molecule has 48 valence electrons. The Morgan fingerprint density at radius 2 is 1.88 bits per heavy atom. The molecule has 0 amide bonds. The van der Waals surface area contributed by atoms with Gasteiger partial charge in [-0.25, -0.2) is 12.3 Å². The third-order valence-electron chi connectivity index (χ3n) is 0.259. The fourth-order valence-corrected chi connectivity index (χ4v) is 0.489. The summed E-state index contributed by atoms with van der Waals surface area (Å²) in [6, 6.07) is 0. The van der Waals surface area contributed by atoms with Crippen LogP contribution >= 0.6 is 0 Å². The number of hydrogen-bond donors (Lipinski definition) is 0. The van der Waals surface area contributed by atoms with Crippen molar-refractivity contribution in [2.24, 2.45) is 0 Å². The number of hydrogen-bond acceptors (Lipinski definition) is 2. The van der Waals surface area contributed by atoms with E-state index < -0.39 is 15.3 Å². The standard InChI is InChI=1S/C2H3F3O2Si/c1-2(6)7-8(3,4)5/h1H3. The minimum Gasteiger partial charge on any atom is -0.443 e. The van der Waals surface area contributed by atoms with E-state index in [-0.39, 0.29) is 0 Å². The summed E-state index contributed by atoms with van der Waals surface area (Å²) >= 11 is 0. The lowest BCUT2D eigenvalue weighted by molar-refractivity contribution is -0.135. The van der Waals surface area contributed by atoms with Crippen molar-refractivity contribution in [1.82, 2.24) is 0 Å². The molecule has 0 bridgehead atoms. The highest BCUT2D eigenvalue weighted by molar-refractivity contribution is 6.53. The van der Waals surface area contributed by atoms with Crippen molar-refractivity contribution in [1.29, 1.82) is 0 Å². The van der Waals surface area contributed by atoms with E-state index in [2.05, 4.69) is 4.43 Å². The molecule has 0 heterocycles. The van der Waals surface area contributed by atoms with E-state index in [4.69, 9.17) is 0 Å². The molecule has 0 rings (SSSR count). The van der Waals surface area contributed by atoms with Gasteiger partial charge in [-0.1, -0.05) is 0 Å².